The maximum absolute atomic E-state index is 13.1. The van der Waals surface area contributed by atoms with Crippen LogP contribution in [-0.4, -0.2) is 49.4 Å². The number of alkyl halides is 1. The molecule has 0 bridgehead atoms. The van der Waals surface area contributed by atoms with Gasteiger partial charge in [-0.2, -0.15) is 0 Å². The maximum Gasteiger partial charge on any atom is 0.413 e. The van der Waals surface area contributed by atoms with Gasteiger partial charge in [0.25, 0.3) is 0 Å². The summed E-state index contributed by atoms with van der Waals surface area (Å²) in [7, 11) is 1.64. The number of ether oxygens (including phenoxy) is 1. The third kappa shape index (κ3) is 5.13. The van der Waals surface area contributed by atoms with Crippen LogP contribution in [0.4, 0.5) is 15.0 Å². The summed E-state index contributed by atoms with van der Waals surface area (Å²) < 4.78 is 19.9. The van der Waals surface area contributed by atoms with Gasteiger partial charge in [-0.15, -0.1) is 5.10 Å². The van der Waals surface area contributed by atoms with Crippen molar-refractivity contribution in [3.63, 3.8) is 0 Å². The number of hydrogen-bond acceptors (Lipinski definition) is 6. The fraction of sp³-hybridized carbons (Fsp3) is 0.522. The van der Waals surface area contributed by atoms with E-state index < -0.39 is 29.8 Å². The van der Waals surface area contributed by atoms with Crippen LogP contribution in [0.3, 0.4) is 0 Å². The van der Waals surface area contributed by atoms with Crippen molar-refractivity contribution in [1.82, 2.24) is 20.0 Å². The van der Waals surface area contributed by atoms with E-state index in [0.29, 0.717) is 41.3 Å². The molecule has 0 radical (unpaired) electrons. The Morgan fingerprint density at radius 2 is 2.12 bits per heavy atom. The summed E-state index contributed by atoms with van der Waals surface area (Å²) in [6, 6.07) is 3.52. The first-order valence-electron chi connectivity index (χ1n) is 10.9. The van der Waals surface area contributed by atoms with Gasteiger partial charge in [0.05, 0.1) is 17.8 Å². The third-order valence-corrected chi connectivity index (χ3v) is 6.25. The number of rotatable bonds is 6. The first-order chi connectivity index (χ1) is 15.7. The average Bonchev–Trinajstić information content (AvgIpc) is 3.38. The summed E-state index contributed by atoms with van der Waals surface area (Å²) in [6.45, 7) is 3.56. The number of carbonyl (C=O) groups is 2. The number of aromatic nitrogens is 4. The van der Waals surface area contributed by atoms with Crippen LogP contribution in [-0.2, 0) is 16.6 Å². The molecule has 2 fully saturated rings. The molecule has 0 aromatic carbocycles. The smallest absolute Gasteiger partial charge is 0.413 e. The largest absolute Gasteiger partial charge is 0.481 e. The lowest BCUT2D eigenvalue weighted by Crippen LogP contribution is -2.36. The van der Waals surface area contributed by atoms with Crippen molar-refractivity contribution in [1.29, 1.82) is 0 Å². The molecule has 9 nitrogen and oxygen atoms in total. The molecule has 1 atom stereocenters. The molecule has 2 heterocycles. The van der Waals surface area contributed by atoms with Gasteiger partial charge in [-0.3, -0.25) is 10.1 Å². The Morgan fingerprint density at radius 1 is 1.39 bits per heavy atom. The van der Waals surface area contributed by atoms with E-state index >= 15 is 0 Å². The van der Waals surface area contributed by atoms with Crippen LogP contribution in [0.2, 0.25) is 0 Å². The number of anilines is 1. The van der Waals surface area contributed by atoms with Crippen molar-refractivity contribution in [3.8, 4) is 23.2 Å². The van der Waals surface area contributed by atoms with Gasteiger partial charge in [-0.1, -0.05) is 17.1 Å². The van der Waals surface area contributed by atoms with Crippen molar-refractivity contribution in [2.75, 3.05) is 5.32 Å². The fourth-order valence-corrected chi connectivity index (χ4v) is 3.84. The van der Waals surface area contributed by atoms with Crippen molar-refractivity contribution in [2.24, 2.45) is 18.4 Å². The molecule has 0 saturated heterocycles. The van der Waals surface area contributed by atoms with Gasteiger partial charge in [0.1, 0.15) is 12.3 Å². The Morgan fingerprint density at radius 3 is 2.73 bits per heavy atom. The lowest BCUT2D eigenvalue weighted by molar-refractivity contribution is -0.137. The molecule has 2 aromatic rings. The normalized spacial score (nSPS) is 21.2. The first-order valence-corrected chi connectivity index (χ1v) is 10.9. The quantitative estimate of drug-likeness (QED) is 0.640. The van der Waals surface area contributed by atoms with E-state index in [1.165, 1.54) is 4.68 Å². The Labute approximate surface area is 190 Å². The predicted molar refractivity (Wildman–Crippen MR) is 117 cm³/mol. The predicted octanol–water partition coefficient (Wildman–Crippen LogP) is 3.48. The molecular formula is C23H26FN5O4. The second kappa shape index (κ2) is 8.81. The van der Waals surface area contributed by atoms with Gasteiger partial charge in [0.2, 0.25) is 0 Å². The molecule has 2 aliphatic rings. The molecule has 1 amide bonds. The molecule has 174 valence electrons. The van der Waals surface area contributed by atoms with Crippen LogP contribution < -0.4 is 5.32 Å². The number of carboxylic acid groups (broad SMARTS) is 1. The fourth-order valence-electron chi connectivity index (χ4n) is 3.84. The Balaban J connectivity index is 1.47. The number of aliphatic carboxylic acids is 1. The molecule has 4 rings (SSSR count). The Hall–Kier alpha value is -3.48. The van der Waals surface area contributed by atoms with Gasteiger partial charge < -0.3 is 9.84 Å². The average molecular weight is 455 g/mol. The van der Waals surface area contributed by atoms with Gasteiger partial charge in [-0.05, 0) is 51.7 Å². The van der Waals surface area contributed by atoms with Crippen LogP contribution in [0.15, 0.2) is 12.1 Å². The Kier molecular flexibility index (Phi) is 6.06. The zero-order valence-corrected chi connectivity index (χ0v) is 18.8. The number of amides is 1. The van der Waals surface area contributed by atoms with E-state index in [4.69, 9.17) is 9.84 Å². The topological polar surface area (TPSA) is 119 Å². The number of nitrogens with zero attached hydrogens (tertiary/aromatic N) is 4. The molecule has 2 aliphatic carbocycles. The lowest BCUT2D eigenvalue weighted by Gasteiger charge is -2.33. The molecule has 2 N–H and O–H groups in total. The zero-order chi connectivity index (χ0) is 23.8. The van der Waals surface area contributed by atoms with E-state index in [9.17, 15) is 14.0 Å². The number of carboxylic acids is 1. The Bertz CT molecular complexity index is 1140. The molecule has 33 heavy (non-hydrogen) atoms. The second-order valence-corrected chi connectivity index (χ2v) is 8.90. The molecular weight excluding hydrogens is 429 g/mol. The summed E-state index contributed by atoms with van der Waals surface area (Å²) >= 11 is 0. The third-order valence-electron chi connectivity index (χ3n) is 6.25. The molecule has 0 spiro atoms. The standard InChI is InChI=1S/C23H26FN5O4/c1-13-15(6-7-23(8-9-23)12-19(30)31)4-5-18(25-13)20-21(29(3)28-27-20)26-22(32)33-14(2)16-10-17(24)11-16/h4-5,14,16-17H,8-12H2,1-3H3,(H,26,32)(H,30,31). The first kappa shape index (κ1) is 22.7. The number of halogens is 1. The summed E-state index contributed by atoms with van der Waals surface area (Å²) in [5.74, 6) is 5.67. The molecule has 0 aliphatic heterocycles. The number of nitrogens with one attached hydrogen (secondary N) is 1. The van der Waals surface area contributed by atoms with Crippen molar-refractivity contribution < 1.29 is 23.8 Å². The highest BCUT2D eigenvalue weighted by Gasteiger charge is 2.43. The monoisotopic (exact) mass is 455 g/mol. The SMILES string of the molecule is Cc1nc(-c2nnn(C)c2NC(=O)OC(C)C2CC(F)C2)ccc1C#CC1(CC(=O)O)CC1. The van der Waals surface area contributed by atoms with E-state index in [-0.39, 0.29) is 12.3 Å². The highest BCUT2D eigenvalue weighted by atomic mass is 19.1. The van der Waals surface area contributed by atoms with Gasteiger partial charge in [-0.25, -0.2) is 18.9 Å². The molecule has 1 unspecified atom stereocenters. The van der Waals surface area contributed by atoms with Crippen molar-refractivity contribution in [3.05, 3.63) is 23.4 Å². The second-order valence-electron chi connectivity index (χ2n) is 8.90. The highest BCUT2D eigenvalue weighted by Crippen LogP contribution is 2.48. The van der Waals surface area contributed by atoms with Crippen molar-refractivity contribution in [2.45, 2.75) is 58.2 Å². The van der Waals surface area contributed by atoms with Crippen LogP contribution in [0.25, 0.3) is 11.4 Å². The number of pyridine rings is 1. The van der Waals surface area contributed by atoms with Crippen LogP contribution in [0, 0.1) is 30.1 Å². The van der Waals surface area contributed by atoms with E-state index in [0.717, 1.165) is 12.8 Å². The molecule has 10 heteroatoms. The van der Waals surface area contributed by atoms with Crippen molar-refractivity contribution >= 4 is 17.9 Å². The van der Waals surface area contributed by atoms with Crippen LogP contribution in [0.1, 0.15) is 50.3 Å². The minimum absolute atomic E-state index is 0.0260. The van der Waals surface area contributed by atoms with Gasteiger partial charge in [0.15, 0.2) is 11.5 Å². The van der Waals surface area contributed by atoms with Gasteiger partial charge >= 0.3 is 12.1 Å². The maximum atomic E-state index is 13.1. The van der Waals surface area contributed by atoms with E-state index in [1.54, 1.807) is 33.0 Å². The minimum atomic E-state index is -0.845. The number of carbonyl (C=O) groups excluding carboxylic acids is 1. The summed E-state index contributed by atoms with van der Waals surface area (Å²) in [4.78, 5) is 28.0. The highest BCUT2D eigenvalue weighted by molar-refractivity contribution is 5.88. The van der Waals surface area contributed by atoms with Crippen LogP contribution >= 0.6 is 0 Å². The van der Waals surface area contributed by atoms with E-state index in [1.807, 2.05) is 0 Å². The molecule has 2 aromatic heterocycles. The van der Waals surface area contributed by atoms with Crippen LogP contribution in [0.5, 0.6) is 0 Å². The lowest BCUT2D eigenvalue weighted by atomic mass is 9.80. The summed E-state index contributed by atoms with van der Waals surface area (Å²) in [6.07, 6.45) is 0.560. The minimum Gasteiger partial charge on any atom is -0.481 e. The van der Waals surface area contributed by atoms with Gasteiger partial charge in [0, 0.05) is 23.9 Å². The number of hydrogen-bond donors (Lipinski definition) is 2. The summed E-state index contributed by atoms with van der Waals surface area (Å²) in [5.41, 5.74) is 1.81. The zero-order valence-electron chi connectivity index (χ0n) is 18.8. The molecule has 2 saturated carbocycles. The number of aryl methyl sites for hydroxylation is 2. The van der Waals surface area contributed by atoms with E-state index in [2.05, 4.69) is 32.5 Å². The summed E-state index contributed by atoms with van der Waals surface area (Å²) in [5, 5.41) is 19.8.